The summed E-state index contributed by atoms with van der Waals surface area (Å²) >= 11 is 0. The van der Waals surface area contributed by atoms with E-state index in [1.807, 2.05) is 37.8 Å². The predicted molar refractivity (Wildman–Crippen MR) is 177 cm³/mol. The van der Waals surface area contributed by atoms with E-state index < -0.39 is 5.60 Å². The van der Waals surface area contributed by atoms with E-state index in [2.05, 4.69) is 58.9 Å². The van der Waals surface area contributed by atoms with E-state index in [4.69, 9.17) is 13.9 Å². The number of amides is 2. The molecule has 0 spiro atoms. The zero-order valence-corrected chi connectivity index (χ0v) is 27.2. The molecule has 0 radical (unpaired) electrons. The smallest absolute Gasteiger partial charge is 0.410 e. The van der Waals surface area contributed by atoms with Gasteiger partial charge in [-0.25, -0.2) is 9.37 Å². The standard InChI is InChI=1S/C36H43N4O5/c1-24-8-7-9-30(43-6)33(24)34-28-12-10-26(38-16-14-37(15-17-38)25(2)41)22-31(28)44-32-23-27(11-13-29(32)34)39-18-20-40(21-19-39)35(42)45-36(3,4)5/h7-13,22-23H,14-21H2,1-6H3/q+1. The highest BCUT2D eigenvalue weighted by Crippen LogP contribution is 2.45. The molecule has 2 fully saturated rings. The van der Waals surface area contributed by atoms with Crippen molar-refractivity contribution in [2.75, 3.05) is 64.4 Å². The summed E-state index contributed by atoms with van der Waals surface area (Å²) in [4.78, 5) is 30.5. The van der Waals surface area contributed by atoms with Crippen LogP contribution in [0, 0.1) is 6.92 Å². The van der Waals surface area contributed by atoms with Crippen LogP contribution in [0.3, 0.4) is 0 Å². The number of carbonyl (C=O) groups is 2. The van der Waals surface area contributed by atoms with Crippen molar-refractivity contribution in [3.63, 3.8) is 0 Å². The minimum atomic E-state index is -0.517. The van der Waals surface area contributed by atoms with Crippen LogP contribution in [-0.2, 0) is 9.53 Å². The highest BCUT2D eigenvalue weighted by molar-refractivity contribution is 6.04. The predicted octanol–water partition coefficient (Wildman–Crippen LogP) is 5.21. The van der Waals surface area contributed by atoms with Gasteiger partial charge in [-0.1, -0.05) is 12.1 Å². The number of fused-ring (bicyclic) bond motifs is 2. The normalized spacial score (nSPS) is 16.0. The summed E-state index contributed by atoms with van der Waals surface area (Å²) in [6.45, 7) is 15.0. The third kappa shape index (κ3) is 6.21. The fourth-order valence-corrected chi connectivity index (χ4v) is 6.41. The van der Waals surface area contributed by atoms with E-state index in [1.165, 1.54) is 0 Å². The number of rotatable bonds is 3. The monoisotopic (exact) mass is 611 g/mol. The lowest BCUT2D eigenvalue weighted by Gasteiger charge is -2.36. The second-order valence-electron chi connectivity index (χ2n) is 12.9. The summed E-state index contributed by atoms with van der Waals surface area (Å²) in [6.07, 6.45) is -0.266. The quantitative estimate of drug-likeness (QED) is 0.234. The molecule has 45 heavy (non-hydrogen) atoms. The summed E-state index contributed by atoms with van der Waals surface area (Å²) < 4.78 is 20.5. The van der Waals surface area contributed by atoms with E-state index in [0.29, 0.717) is 39.3 Å². The zero-order chi connectivity index (χ0) is 31.9. The lowest BCUT2D eigenvalue weighted by molar-refractivity contribution is -0.129. The molecule has 2 aromatic carbocycles. The van der Waals surface area contributed by atoms with Crippen molar-refractivity contribution >= 4 is 28.7 Å². The number of methoxy groups -OCH3 is 1. The number of anilines is 1. The van der Waals surface area contributed by atoms with Crippen LogP contribution in [0.1, 0.15) is 33.3 Å². The molecule has 2 amide bonds. The number of hydrogen-bond acceptors (Lipinski definition) is 6. The van der Waals surface area contributed by atoms with Gasteiger partial charge < -0.3 is 28.6 Å². The Labute approximate surface area is 264 Å². The van der Waals surface area contributed by atoms with Crippen molar-refractivity contribution in [3.05, 3.63) is 65.5 Å². The molecule has 3 heterocycles. The Bertz CT molecular complexity index is 1790. The molecule has 0 bridgehead atoms. The summed E-state index contributed by atoms with van der Waals surface area (Å²) in [5.41, 5.74) is 5.58. The molecule has 1 aliphatic carbocycles. The first-order valence-corrected chi connectivity index (χ1v) is 15.7. The van der Waals surface area contributed by atoms with Crippen LogP contribution in [0.5, 0.6) is 5.75 Å². The number of benzene rings is 3. The molecule has 0 aromatic heterocycles. The van der Waals surface area contributed by atoms with E-state index in [1.54, 1.807) is 18.9 Å². The molecule has 2 saturated heterocycles. The number of ether oxygens (including phenoxy) is 2. The Hall–Kier alpha value is -4.53. The maximum absolute atomic E-state index is 12.6. The minimum Gasteiger partial charge on any atom is -0.496 e. The van der Waals surface area contributed by atoms with E-state index in [0.717, 1.165) is 68.9 Å². The van der Waals surface area contributed by atoms with E-state index >= 15 is 0 Å². The van der Waals surface area contributed by atoms with Gasteiger partial charge in [0.25, 0.3) is 0 Å². The maximum atomic E-state index is 12.6. The van der Waals surface area contributed by atoms with Gasteiger partial charge in [-0.15, -0.1) is 0 Å². The molecule has 2 aromatic rings. The molecule has 6 rings (SSSR count). The lowest BCUT2D eigenvalue weighted by Crippen LogP contribution is -2.50. The Kier molecular flexibility index (Phi) is 8.20. The van der Waals surface area contributed by atoms with Gasteiger partial charge in [-0.05, 0) is 57.5 Å². The van der Waals surface area contributed by atoms with Crippen LogP contribution in [0.15, 0.2) is 59.0 Å². The zero-order valence-electron chi connectivity index (χ0n) is 27.2. The van der Waals surface area contributed by atoms with Gasteiger partial charge in [0.1, 0.15) is 22.7 Å². The molecule has 0 atom stereocenters. The average Bonchev–Trinajstić information content (AvgIpc) is 3.02. The van der Waals surface area contributed by atoms with Crippen LogP contribution in [0.4, 0.5) is 10.5 Å². The van der Waals surface area contributed by atoms with Gasteiger partial charge in [-0.2, -0.15) is 0 Å². The number of aryl methyl sites for hydroxylation is 1. The summed E-state index contributed by atoms with van der Waals surface area (Å²) in [5, 5.41) is 2.08. The van der Waals surface area contributed by atoms with Gasteiger partial charge in [0.15, 0.2) is 13.1 Å². The SMILES string of the molecule is COc1cccc(C)c1-c1c2ccc(=[N+]3CCN(C(C)=O)CC3)cc-2oc2cc(N3CCN(C(=O)OC(C)(C)C)CC3)ccc12. The third-order valence-corrected chi connectivity index (χ3v) is 8.78. The van der Waals surface area contributed by atoms with Crippen LogP contribution < -0.4 is 19.6 Å². The molecule has 0 N–H and O–H groups in total. The van der Waals surface area contributed by atoms with Crippen LogP contribution in [-0.4, -0.2) is 86.9 Å². The number of hydrogen-bond donors (Lipinski definition) is 0. The van der Waals surface area contributed by atoms with E-state index in [-0.39, 0.29) is 12.0 Å². The molecular formula is C36H43N4O5+. The Balaban J connectivity index is 1.43. The first kappa shape index (κ1) is 30.5. The second kappa shape index (κ2) is 12.1. The van der Waals surface area contributed by atoms with Gasteiger partial charge in [0, 0.05) is 73.0 Å². The topological polar surface area (TPSA) is 78.5 Å². The van der Waals surface area contributed by atoms with Gasteiger partial charge in [-0.3, -0.25) is 4.79 Å². The van der Waals surface area contributed by atoms with Gasteiger partial charge in [0.05, 0.1) is 26.3 Å². The van der Waals surface area contributed by atoms with Crippen molar-refractivity contribution in [3.8, 4) is 28.2 Å². The summed E-state index contributed by atoms with van der Waals surface area (Å²) in [7, 11) is 1.71. The second-order valence-corrected chi connectivity index (χ2v) is 12.9. The molecule has 9 heteroatoms. The highest BCUT2D eigenvalue weighted by Gasteiger charge is 2.28. The molecule has 0 saturated carbocycles. The third-order valence-electron chi connectivity index (χ3n) is 8.78. The van der Waals surface area contributed by atoms with Crippen molar-refractivity contribution in [1.29, 1.82) is 0 Å². The number of piperazine rings is 2. The molecule has 3 aliphatic heterocycles. The maximum Gasteiger partial charge on any atom is 0.410 e. The Morgan fingerprint density at radius 3 is 2.27 bits per heavy atom. The summed E-state index contributed by atoms with van der Waals surface area (Å²) in [5.74, 6) is 1.73. The lowest BCUT2D eigenvalue weighted by atomic mass is 9.90. The molecule has 4 aliphatic rings. The highest BCUT2D eigenvalue weighted by atomic mass is 16.6. The molecule has 236 valence electrons. The minimum absolute atomic E-state index is 0.119. The number of carbonyl (C=O) groups excluding carboxylic acids is 2. The van der Waals surface area contributed by atoms with Crippen molar-refractivity contribution in [2.45, 2.75) is 40.2 Å². The Morgan fingerprint density at radius 1 is 0.867 bits per heavy atom. The molecular weight excluding hydrogens is 568 g/mol. The summed E-state index contributed by atoms with van der Waals surface area (Å²) in [6, 6.07) is 19.0. The molecule has 0 unspecified atom stereocenters. The molecule has 9 nitrogen and oxygen atoms in total. The fourth-order valence-electron chi connectivity index (χ4n) is 6.41. The van der Waals surface area contributed by atoms with E-state index in [9.17, 15) is 9.59 Å². The van der Waals surface area contributed by atoms with Gasteiger partial charge in [0.2, 0.25) is 11.3 Å². The van der Waals surface area contributed by atoms with Crippen molar-refractivity contribution < 1.29 is 23.5 Å². The first-order chi connectivity index (χ1) is 21.5. The van der Waals surface area contributed by atoms with Crippen LogP contribution in [0.2, 0.25) is 0 Å². The van der Waals surface area contributed by atoms with Crippen LogP contribution in [0.25, 0.3) is 33.4 Å². The first-order valence-electron chi connectivity index (χ1n) is 15.7. The number of nitrogens with zero attached hydrogens (tertiary/aromatic N) is 4. The fraction of sp³-hybridized carbons (Fsp3) is 0.417. The van der Waals surface area contributed by atoms with Crippen molar-refractivity contribution in [2.24, 2.45) is 0 Å². The van der Waals surface area contributed by atoms with Gasteiger partial charge >= 0.3 is 6.09 Å². The average molecular weight is 612 g/mol. The Morgan fingerprint density at radius 2 is 1.60 bits per heavy atom. The largest absolute Gasteiger partial charge is 0.496 e. The van der Waals surface area contributed by atoms with Crippen molar-refractivity contribution in [1.82, 2.24) is 14.4 Å². The van der Waals surface area contributed by atoms with Crippen LogP contribution >= 0.6 is 0 Å².